The van der Waals surface area contributed by atoms with Gasteiger partial charge < -0.3 is 5.11 Å². The van der Waals surface area contributed by atoms with E-state index >= 15 is 0 Å². The van der Waals surface area contributed by atoms with Gasteiger partial charge in [0, 0.05) is 22.2 Å². The molecule has 0 unspecified atom stereocenters. The summed E-state index contributed by atoms with van der Waals surface area (Å²) in [5.41, 5.74) is 0.730. The number of thiocarbonyl (C=S) groups is 1. The highest BCUT2D eigenvalue weighted by Crippen LogP contribution is 2.33. The molecule has 1 N–H and O–H groups in total. The van der Waals surface area contributed by atoms with Crippen molar-refractivity contribution in [2.45, 2.75) is 0 Å². The van der Waals surface area contributed by atoms with Crippen molar-refractivity contribution in [3.8, 4) is 5.75 Å². The third-order valence-electron chi connectivity index (χ3n) is 3.45. The van der Waals surface area contributed by atoms with Crippen molar-refractivity contribution in [1.82, 2.24) is 5.01 Å². The van der Waals surface area contributed by atoms with Crippen LogP contribution in [0.4, 0.5) is 5.69 Å². The van der Waals surface area contributed by atoms with Gasteiger partial charge in [-0.15, -0.1) is 0 Å². The van der Waals surface area contributed by atoms with Crippen LogP contribution in [0.5, 0.6) is 5.75 Å². The smallest absolute Gasteiger partial charge is 0.286 e. The van der Waals surface area contributed by atoms with Crippen LogP contribution in [-0.2, 0) is 4.79 Å². The Labute approximate surface area is 171 Å². The van der Waals surface area contributed by atoms with Gasteiger partial charge in [-0.2, -0.15) is 10.1 Å². The van der Waals surface area contributed by atoms with Crippen molar-refractivity contribution < 1.29 is 14.8 Å². The van der Waals surface area contributed by atoms with Crippen LogP contribution < -0.4 is 0 Å². The van der Waals surface area contributed by atoms with Crippen molar-refractivity contribution in [3.05, 3.63) is 73.1 Å². The molecule has 0 radical (unpaired) electrons. The van der Waals surface area contributed by atoms with E-state index in [1.165, 1.54) is 12.1 Å². The van der Waals surface area contributed by atoms with Crippen LogP contribution in [0.2, 0.25) is 0 Å². The lowest BCUT2D eigenvalue weighted by molar-refractivity contribution is -0.384. The van der Waals surface area contributed by atoms with Gasteiger partial charge in [-0.1, -0.05) is 39.8 Å². The third kappa shape index (κ3) is 4.41. The molecular formula is C17H10BrN3O4S2. The lowest BCUT2D eigenvalue weighted by atomic mass is 10.2. The Kier molecular flexibility index (Phi) is 5.68. The third-order valence-corrected chi connectivity index (χ3v) is 5.23. The standard InChI is InChI=1S/C17H10BrN3O4S2/c18-12-3-1-2-10(6-12)7-15-16(23)20(17(26)27-15)19-9-11-8-13(21(24)25)4-5-14(11)22/h1-9,22H/b15-7-,19-9-. The van der Waals surface area contributed by atoms with E-state index in [1.54, 1.807) is 6.08 Å². The molecule has 27 heavy (non-hydrogen) atoms. The SMILES string of the molecule is O=C1/C(=C/c2cccc(Br)c2)SC(=S)N1/N=C\c1cc([N+](=O)[O-])ccc1O. The minimum atomic E-state index is -0.586. The fraction of sp³-hybridized carbons (Fsp3) is 0. The number of aromatic hydroxyl groups is 1. The van der Waals surface area contributed by atoms with E-state index < -0.39 is 10.8 Å². The number of phenolic OH excluding ortho intramolecular Hbond substituents is 1. The fourth-order valence-corrected chi connectivity index (χ4v) is 3.78. The van der Waals surface area contributed by atoms with E-state index in [1.807, 2.05) is 24.3 Å². The number of hydrogen-bond donors (Lipinski definition) is 1. The Bertz CT molecular complexity index is 1020. The number of hydrogen-bond acceptors (Lipinski definition) is 7. The number of phenols is 1. The number of nitro benzene ring substituents is 1. The molecule has 1 saturated heterocycles. The first-order valence-electron chi connectivity index (χ1n) is 7.40. The Hall–Kier alpha value is -2.56. The molecule has 1 heterocycles. The second kappa shape index (κ2) is 7.99. The summed E-state index contributed by atoms with van der Waals surface area (Å²) in [5, 5.41) is 25.7. The molecule has 0 saturated carbocycles. The van der Waals surface area contributed by atoms with Crippen LogP contribution in [-0.4, -0.2) is 31.5 Å². The Morgan fingerprint density at radius 1 is 1.30 bits per heavy atom. The predicted molar refractivity (Wildman–Crippen MR) is 112 cm³/mol. The van der Waals surface area contributed by atoms with Crippen molar-refractivity contribution >= 4 is 68.1 Å². The number of hydrazone groups is 1. The van der Waals surface area contributed by atoms with Gasteiger partial charge in [0.2, 0.25) is 0 Å². The van der Waals surface area contributed by atoms with Gasteiger partial charge in [-0.3, -0.25) is 14.9 Å². The maximum atomic E-state index is 12.5. The van der Waals surface area contributed by atoms with E-state index in [4.69, 9.17) is 12.2 Å². The second-order valence-electron chi connectivity index (χ2n) is 5.29. The molecule has 3 rings (SSSR count). The average Bonchev–Trinajstić information content (AvgIpc) is 2.87. The number of carbonyl (C=O) groups is 1. The summed E-state index contributed by atoms with van der Waals surface area (Å²) < 4.78 is 1.10. The number of thioether (sulfide) groups is 1. The molecule has 7 nitrogen and oxygen atoms in total. The van der Waals surface area contributed by atoms with Crippen LogP contribution in [0.15, 0.2) is 56.9 Å². The zero-order valence-electron chi connectivity index (χ0n) is 13.4. The minimum absolute atomic E-state index is 0.106. The van der Waals surface area contributed by atoms with Gasteiger partial charge in [-0.25, -0.2) is 0 Å². The van der Waals surface area contributed by atoms with Crippen LogP contribution >= 0.6 is 39.9 Å². The van der Waals surface area contributed by atoms with Crippen LogP contribution in [0, 0.1) is 10.1 Å². The van der Waals surface area contributed by atoms with Gasteiger partial charge in [0.05, 0.1) is 16.0 Å². The number of halogens is 1. The molecule has 136 valence electrons. The molecule has 1 fully saturated rings. The largest absolute Gasteiger partial charge is 0.507 e. The minimum Gasteiger partial charge on any atom is -0.507 e. The summed E-state index contributed by atoms with van der Waals surface area (Å²) in [6.07, 6.45) is 2.86. The molecular weight excluding hydrogens is 454 g/mol. The quantitative estimate of drug-likeness (QED) is 0.238. The molecule has 1 aliphatic heterocycles. The van der Waals surface area contributed by atoms with Crippen molar-refractivity contribution in [1.29, 1.82) is 0 Å². The van der Waals surface area contributed by atoms with E-state index in [9.17, 15) is 20.0 Å². The highest BCUT2D eigenvalue weighted by Gasteiger charge is 2.32. The number of rotatable bonds is 4. The Balaban J connectivity index is 1.85. The highest BCUT2D eigenvalue weighted by atomic mass is 79.9. The van der Waals surface area contributed by atoms with Crippen LogP contribution in [0.25, 0.3) is 6.08 Å². The molecule has 1 aliphatic rings. The molecule has 2 aromatic rings. The van der Waals surface area contributed by atoms with Gasteiger partial charge >= 0.3 is 0 Å². The summed E-state index contributed by atoms with van der Waals surface area (Å²) in [6, 6.07) is 11.0. The summed E-state index contributed by atoms with van der Waals surface area (Å²) in [5.74, 6) is -0.606. The zero-order valence-corrected chi connectivity index (χ0v) is 16.6. The predicted octanol–water partition coefficient (Wildman–Crippen LogP) is 4.30. The Morgan fingerprint density at radius 2 is 2.07 bits per heavy atom. The maximum Gasteiger partial charge on any atom is 0.286 e. The zero-order chi connectivity index (χ0) is 19.6. The number of amides is 1. The molecule has 0 bridgehead atoms. The topological polar surface area (TPSA) is 96.0 Å². The monoisotopic (exact) mass is 463 g/mol. The first-order chi connectivity index (χ1) is 12.8. The number of nitrogens with zero attached hydrogens (tertiary/aromatic N) is 3. The number of benzene rings is 2. The van der Waals surface area contributed by atoms with Crippen molar-refractivity contribution in [2.24, 2.45) is 5.10 Å². The summed E-state index contributed by atoms with van der Waals surface area (Å²) in [4.78, 5) is 23.2. The number of non-ortho nitro benzene ring substituents is 1. The Morgan fingerprint density at radius 3 is 2.78 bits per heavy atom. The molecule has 10 heteroatoms. The maximum absolute atomic E-state index is 12.5. The molecule has 0 spiro atoms. The summed E-state index contributed by atoms with van der Waals surface area (Å²) in [7, 11) is 0. The van der Waals surface area contributed by atoms with E-state index in [-0.39, 0.29) is 21.3 Å². The second-order valence-corrected chi connectivity index (χ2v) is 7.88. The molecule has 0 aromatic heterocycles. The van der Waals surface area contributed by atoms with Crippen LogP contribution in [0.1, 0.15) is 11.1 Å². The number of nitro groups is 1. The van der Waals surface area contributed by atoms with Gasteiger partial charge in [0.15, 0.2) is 4.32 Å². The highest BCUT2D eigenvalue weighted by molar-refractivity contribution is 9.10. The van der Waals surface area contributed by atoms with Gasteiger partial charge in [0.25, 0.3) is 11.6 Å². The first kappa shape index (κ1) is 19.2. The summed E-state index contributed by atoms with van der Waals surface area (Å²) >= 11 is 9.66. The normalized spacial score (nSPS) is 15.9. The lowest BCUT2D eigenvalue weighted by Crippen LogP contribution is -2.22. The molecule has 2 aromatic carbocycles. The van der Waals surface area contributed by atoms with Gasteiger partial charge in [-0.05, 0) is 42.1 Å². The van der Waals surface area contributed by atoms with E-state index in [2.05, 4.69) is 21.0 Å². The first-order valence-corrected chi connectivity index (χ1v) is 9.42. The lowest BCUT2D eigenvalue weighted by Gasteiger charge is -2.06. The molecule has 1 amide bonds. The van der Waals surface area contributed by atoms with Crippen molar-refractivity contribution in [3.63, 3.8) is 0 Å². The van der Waals surface area contributed by atoms with E-state index in [0.717, 1.165) is 39.1 Å². The van der Waals surface area contributed by atoms with Gasteiger partial charge in [0.1, 0.15) is 5.75 Å². The molecule has 0 aliphatic carbocycles. The van der Waals surface area contributed by atoms with E-state index in [0.29, 0.717) is 4.91 Å². The fourth-order valence-electron chi connectivity index (χ4n) is 2.19. The molecule has 0 atom stereocenters. The average molecular weight is 464 g/mol. The van der Waals surface area contributed by atoms with Crippen LogP contribution in [0.3, 0.4) is 0 Å². The summed E-state index contributed by atoms with van der Waals surface area (Å²) in [6.45, 7) is 0. The number of carbonyl (C=O) groups excluding carboxylic acids is 1. The van der Waals surface area contributed by atoms with Crippen molar-refractivity contribution in [2.75, 3.05) is 0 Å².